The molecule has 1 aliphatic rings. The molecule has 1 aromatic heterocycles. The van der Waals surface area contributed by atoms with E-state index in [4.69, 9.17) is 14.3 Å². The molecular weight excluding hydrogens is 401 g/mol. The van der Waals surface area contributed by atoms with E-state index in [-0.39, 0.29) is 12.2 Å². The number of amides is 1. The van der Waals surface area contributed by atoms with E-state index < -0.39 is 11.4 Å². The third-order valence-corrected chi connectivity index (χ3v) is 4.68. The number of carbonyl (C=O) groups excluding carboxylic acids is 1. The first-order chi connectivity index (χ1) is 14.7. The van der Waals surface area contributed by atoms with E-state index in [0.717, 1.165) is 30.4 Å². The molecule has 0 spiro atoms. The summed E-state index contributed by atoms with van der Waals surface area (Å²) >= 11 is 0. The van der Waals surface area contributed by atoms with Gasteiger partial charge >= 0.3 is 6.09 Å². The highest BCUT2D eigenvalue weighted by Gasteiger charge is 2.27. The molecule has 1 saturated heterocycles. The van der Waals surface area contributed by atoms with Crippen LogP contribution in [0, 0.1) is 5.82 Å². The van der Waals surface area contributed by atoms with Crippen LogP contribution in [0.15, 0.2) is 47.8 Å². The van der Waals surface area contributed by atoms with Crippen molar-refractivity contribution in [2.75, 3.05) is 20.2 Å². The molecule has 2 heterocycles. The van der Waals surface area contributed by atoms with Crippen LogP contribution in [-0.2, 0) is 9.57 Å². The van der Waals surface area contributed by atoms with Gasteiger partial charge in [-0.05, 0) is 57.2 Å². The number of pyridine rings is 1. The number of hydrogen-bond donors (Lipinski definition) is 0. The molecule has 0 radical (unpaired) electrons. The number of piperidine rings is 1. The number of hydrogen-bond acceptors (Lipinski definition) is 6. The quantitative estimate of drug-likeness (QED) is 0.520. The number of ether oxygens (including phenoxy) is 2. The minimum Gasteiger partial charge on any atom is -0.490 e. The molecule has 0 atom stereocenters. The van der Waals surface area contributed by atoms with E-state index in [2.05, 4.69) is 10.1 Å². The number of likely N-dealkylation sites (tertiary alicyclic amines) is 1. The lowest BCUT2D eigenvalue weighted by Crippen LogP contribution is -2.44. The minimum absolute atomic E-state index is 0.0235. The molecule has 0 unspecified atom stereocenters. The first-order valence-electron chi connectivity index (χ1n) is 10.2. The van der Waals surface area contributed by atoms with Gasteiger partial charge < -0.3 is 19.2 Å². The van der Waals surface area contributed by atoms with Crippen molar-refractivity contribution in [1.29, 1.82) is 0 Å². The predicted molar refractivity (Wildman–Crippen MR) is 115 cm³/mol. The third kappa shape index (κ3) is 6.41. The maximum atomic E-state index is 13.2. The Labute approximate surface area is 181 Å². The van der Waals surface area contributed by atoms with Crippen molar-refractivity contribution in [3.8, 4) is 5.75 Å². The van der Waals surface area contributed by atoms with Crippen molar-refractivity contribution in [2.24, 2.45) is 5.16 Å². The van der Waals surface area contributed by atoms with Gasteiger partial charge in [0.15, 0.2) is 0 Å². The Balaban J connectivity index is 1.59. The molecule has 1 amide bonds. The number of carbonyl (C=O) groups is 1. The van der Waals surface area contributed by atoms with Gasteiger partial charge in [0.05, 0.1) is 11.9 Å². The van der Waals surface area contributed by atoms with Crippen LogP contribution in [-0.4, -0.2) is 53.6 Å². The average Bonchev–Trinajstić information content (AvgIpc) is 2.73. The highest BCUT2D eigenvalue weighted by Crippen LogP contribution is 2.22. The number of rotatable bonds is 5. The van der Waals surface area contributed by atoms with Gasteiger partial charge in [-0.25, -0.2) is 9.18 Å². The smallest absolute Gasteiger partial charge is 0.410 e. The molecule has 1 aromatic carbocycles. The molecule has 2 aromatic rings. The third-order valence-electron chi connectivity index (χ3n) is 4.68. The largest absolute Gasteiger partial charge is 0.490 e. The first-order valence-corrected chi connectivity index (χ1v) is 10.2. The summed E-state index contributed by atoms with van der Waals surface area (Å²) < 4.78 is 24.7. The minimum atomic E-state index is -0.499. The lowest BCUT2D eigenvalue weighted by atomic mass is 10.1. The van der Waals surface area contributed by atoms with E-state index >= 15 is 0 Å². The van der Waals surface area contributed by atoms with E-state index in [9.17, 15) is 9.18 Å². The van der Waals surface area contributed by atoms with Crippen molar-refractivity contribution in [3.05, 3.63) is 59.7 Å². The lowest BCUT2D eigenvalue weighted by Gasteiger charge is -2.33. The van der Waals surface area contributed by atoms with Crippen LogP contribution in [0.25, 0.3) is 0 Å². The fraction of sp³-hybridized carbons (Fsp3) is 0.435. The lowest BCUT2D eigenvalue weighted by molar-refractivity contribution is 0.0126. The summed E-state index contributed by atoms with van der Waals surface area (Å²) in [6, 6.07) is 10.3. The topological polar surface area (TPSA) is 73.2 Å². The van der Waals surface area contributed by atoms with Crippen molar-refractivity contribution in [2.45, 2.75) is 45.3 Å². The summed E-state index contributed by atoms with van der Waals surface area (Å²) in [5.74, 6) is 0.310. The number of oxime groups is 1. The van der Waals surface area contributed by atoms with Gasteiger partial charge in [0.1, 0.15) is 36.1 Å². The zero-order valence-electron chi connectivity index (χ0n) is 18.3. The van der Waals surface area contributed by atoms with E-state index in [0.29, 0.717) is 24.5 Å². The molecule has 1 aliphatic heterocycles. The zero-order valence-corrected chi connectivity index (χ0v) is 18.3. The van der Waals surface area contributed by atoms with E-state index in [1.807, 2.05) is 45.0 Å². The summed E-state index contributed by atoms with van der Waals surface area (Å²) in [5, 5.41) is 4.03. The fourth-order valence-electron chi connectivity index (χ4n) is 3.22. The molecule has 3 rings (SSSR count). The molecule has 0 aliphatic carbocycles. The van der Waals surface area contributed by atoms with Crippen LogP contribution in [0.3, 0.4) is 0 Å². The maximum Gasteiger partial charge on any atom is 0.410 e. The van der Waals surface area contributed by atoms with Crippen molar-refractivity contribution in [1.82, 2.24) is 9.88 Å². The highest BCUT2D eigenvalue weighted by molar-refractivity contribution is 6.11. The molecule has 31 heavy (non-hydrogen) atoms. The zero-order chi connectivity index (χ0) is 22.4. The average molecular weight is 429 g/mol. The number of aromatic nitrogens is 1. The Kier molecular flexibility index (Phi) is 7.09. The van der Waals surface area contributed by atoms with Crippen LogP contribution in [0.2, 0.25) is 0 Å². The summed E-state index contributed by atoms with van der Waals surface area (Å²) in [6.07, 6.45) is 2.35. The monoisotopic (exact) mass is 429 g/mol. The van der Waals surface area contributed by atoms with Gasteiger partial charge in [-0.3, -0.25) is 4.98 Å². The number of benzene rings is 1. The van der Waals surface area contributed by atoms with Gasteiger partial charge in [0.25, 0.3) is 0 Å². The molecule has 0 bridgehead atoms. The van der Waals surface area contributed by atoms with Crippen molar-refractivity contribution >= 4 is 11.8 Å². The molecule has 1 fully saturated rings. The summed E-state index contributed by atoms with van der Waals surface area (Å²) in [5.41, 5.74) is 1.28. The van der Waals surface area contributed by atoms with Crippen LogP contribution in [0.5, 0.6) is 5.75 Å². The molecule has 166 valence electrons. The second-order valence-electron chi connectivity index (χ2n) is 8.29. The van der Waals surface area contributed by atoms with Gasteiger partial charge in [0.2, 0.25) is 0 Å². The number of nitrogens with zero attached hydrogens (tertiary/aromatic N) is 3. The molecule has 0 N–H and O–H groups in total. The number of halogens is 1. The molecule has 8 heteroatoms. The summed E-state index contributed by atoms with van der Waals surface area (Å²) in [6.45, 7) is 6.77. The van der Waals surface area contributed by atoms with Crippen LogP contribution in [0.4, 0.5) is 9.18 Å². The van der Waals surface area contributed by atoms with Crippen LogP contribution >= 0.6 is 0 Å². The van der Waals surface area contributed by atoms with Crippen LogP contribution < -0.4 is 4.74 Å². The van der Waals surface area contributed by atoms with Gasteiger partial charge in [-0.15, -0.1) is 0 Å². The predicted octanol–water partition coefficient (Wildman–Crippen LogP) is 4.40. The Hall–Kier alpha value is -3.16. The first kappa shape index (κ1) is 22.5. The van der Waals surface area contributed by atoms with Gasteiger partial charge in [-0.2, -0.15) is 0 Å². The van der Waals surface area contributed by atoms with Crippen LogP contribution in [0.1, 0.15) is 44.9 Å². The Bertz CT molecular complexity index is 900. The normalized spacial score (nSPS) is 15.5. The summed E-state index contributed by atoms with van der Waals surface area (Å²) in [4.78, 5) is 22.9. The maximum absolute atomic E-state index is 13.2. The fourth-order valence-corrected chi connectivity index (χ4v) is 3.22. The molecule has 7 nitrogen and oxygen atoms in total. The summed E-state index contributed by atoms with van der Waals surface area (Å²) in [7, 11) is 1.45. The SMILES string of the molecule is CO/N=C(/c1ccc(OC2CCN(C(=O)OC(C)(C)C)CC2)cc1)c1ccc(F)cn1. The Morgan fingerprint density at radius 3 is 2.35 bits per heavy atom. The van der Waals surface area contributed by atoms with E-state index in [1.54, 1.807) is 11.0 Å². The van der Waals surface area contributed by atoms with Crippen molar-refractivity contribution < 1.29 is 23.5 Å². The van der Waals surface area contributed by atoms with Crippen molar-refractivity contribution in [3.63, 3.8) is 0 Å². The second-order valence-corrected chi connectivity index (χ2v) is 8.29. The second kappa shape index (κ2) is 9.76. The molecule has 0 saturated carbocycles. The van der Waals surface area contributed by atoms with Gasteiger partial charge in [0, 0.05) is 31.5 Å². The Morgan fingerprint density at radius 1 is 1.13 bits per heavy atom. The van der Waals surface area contributed by atoms with E-state index in [1.165, 1.54) is 13.2 Å². The standard InChI is InChI=1S/C23H28FN3O4/c1-23(2,3)31-22(28)27-13-11-19(12-14-27)30-18-8-5-16(6-9-18)21(26-29-4)20-10-7-17(24)15-25-20/h5-10,15,19H,11-14H2,1-4H3/b26-21-. The molecular formula is C23H28FN3O4. The Morgan fingerprint density at radius 2 is 1.81 bits per heavy atom. The highest BCUT2D eigenvalue weighted by atomic mass is 19.1. The van der Waals surface area contributed by atoms with Gasteiger partial charge in [-0.1, -0.05) is 5.16 Å².